The van der Waals surface area contributed by atoms with E-state index in [9.17, 15) is 14.4 Å². The van der Waals surface area contributed by atoms with E-state index in [4.69, 9.17) is 4.74 Å². The number of carbonyl (C=O) groups excluding carboxylic acids is 2. The number of morpholine rings is 1. The Balaban J connectivity index is 1.57. The molecule has 0 aliphatic carbocycles. The Kier molecular flexibility index (Phi) is 5.17. The van der Waals surface area contributed by atoms with Crippen molar-refractivity contribution < 1.29 is 14.3 Å². The smallest absolute Gasteiger partial charge is 0.261 e. The number of fused-ring (bicyclic) bond motifs is 1. The van der Waals surface area contributed by atoms with Crippen LogP contribution in [0.1, 0.15) is 28.8 Å². The highest BCUT2D eigenvalue weighted by Gasteiger charge is 2.33. The van der Waals surface area contributed by atoms with Gasteiger partial charge in [-0.25, -0.2) is 0 Å². The number of hydrogen-bond acceptors (Lipinski definition) is 4. The van der Waals surface area contributed by atoms with Crippen LogP contribution in [0.5, 0.6) is 0 Å². The second-order valence-corrected chi connectivity index (χ2v) is 7.53. The summed E-state index contributed by atoms with van der Waals surface area (Å²) < 4.78 is 5.32. The van der Waals surface area contributed by atoms with Crippen LogP contribution in [0.15, 0.2) is 29.1 Å². The first-order valence-electron chi connectivity index (χ1n) is 9.83. The van der Waals surface area contributed by atoms with E-state index in [1.165, 1.54) is 0 Å². The van der Waals surface area contributed by atoms with Gasteiger partial charge in [0.05, 0.1) is 19.1 Å². The maximum Gasteiger partial charge on any atom is 0.261 e. The van der Waals surface area contributed by atoms with Gasteiger partial charge in [0.1, 0.15) is 5.56 Å². The summed E-state index contributed by atoms with van der Waals surface area (Å²) in [7, 11) is 0. The number of carbonyl (C=O) groups is 2. The largest absolute Gasteiger partial charge is 0.378 e. The van der Waals surface area contributed by atoms with Crippen LogP contribution in [0.4, 0.5) is 0 Å². The molecule has 1 atom stereocenters. The van der Waals surface area contributed by atoms with Gasteiger partial charge >= 0.3 is 0 Å². The molecule has 2 amide bonds. The van der Waals surface area contributed by atoms with Gasteiger partial charge in [-0.2, -0.15) is 0 Å². The first-order valence-corrected chi connectivity index (χ1v) is 9.83. The lowest BCUT2D eigenvalue weighted by Crippen LogP contribution is -2.50. The van der Waals surface area contributed by atoms with E-state index in [-0.39, 0.29) is 28.9 Å². The molecule has 2 saturated heterocycles. The lowest BCUT2D eigenvalue weighted by atomic mass is 9.95. The van der Waals surface area contributed by atoms with Gasteiger partial charge in [0.25, 0.3) is 11.5 Å². The third-order valence-electron chi connectivity index (χ3n) is 5.78. The molecule has 2 aliphatic heterocycles. The van der Waals surface area contributed by atoms with Crippen LogP contribution >= 0.6 is 0 Å². The van der Waals surface area contributed by atoms with E-state index in [0.717, 1.165) is 23.7 Å². The summed E-state index contributed by atoms with van der Waals surface area (Å²) in [5.74, 6) is -0.412. The molecule has 7 nitrogen and oxygen atoms in total. The van der Waals surface area contributed by atoms with Gasteiger partial charge in [0.2, 0.25) is 5.91 Å². The summed E-state index contributed by atoms with van der Waals surface area (Å²) in [5.41, 5.74) is 1.22. The number of nitrogens with one attached hydrogen (secondary N) is 1. The molecule has 7 heteroatoms. The van der Waals surface area contributed by atoms with Gasteiger partial charge in [-0.15, -0.1) is 0 Å². The second-order valence-electron chi connectivity index (χ2n) is 7.53. The van der Waals surface area contributed by atoms with Crippen LogP contribution in [-0.4, -0.2) is 66.0 Å². The maximum absolute atomic E-state index is 13.2. The predicted octanol–water partition coefficient (Wildman–Crippen LogP) is 1.55. The molecule has 2 aromatic rings. The van der Waals surface area contributed by atoms with Crippen LogP contribution in [-0.2, 0) is 9.53 Å². The summed E-state index contributed by atoms with van der Waals surface area (Å²) in [6, 6.07) is 7.47. The van der Waals surface area contributed by atoms with Crippen molar-refractivity contribution in [3.8, 4) is 0 Å². The number of amides is 2. The lowest BCUT2D eigenvalue weighted by Gasteiger charge is -2.36. The number of rotatable bonds is 2. The highest BCUT2D eigenvalue weighted by molar-refractivity contribution is 6.00. The number of aromatic amines is 1. The number of pyridine rings is 1. The first kappa shape index (κ1) is 18.7. The third-order valence-corrected chi connectivity index (χ3v) is 5.78. The van der Waals surface area contributed by atoms with Crippen molar-refractivity contribution >= 4 is 22.7 Å². The van der Waals surface area contributed by atoms with Gasteiger partial charge in [0, 0.05) is 37.1 Å². The fourth-order valence-electron chi connectivity index (χ4n) is 4.23. The highest BCUT2D eigenvalue weighted by Crippen LogP contribution is 2.23. The molecule has 0 saturated carbocycles. The van der Waals surface area contributed by atoms with Crippen LogP contribution in [0, 0.1) is 12.8 Å². The van der Waals surface area contributed by atoms with Crippen molar-refractivity contribution in [3.63, 3.8) is 0 Å². The van der Waals surface area contributed by atoms with Crippen molar-refractivity contribution in [2.45, 2.75) is 19.8 Å². The fourth-order valence-corrected chi connectivity index (χ4v) is 4.23. The molecule has 4 rings (SSSR count). The number of piperidine rings is 1. The normalized spacial score (nSPS) is 20.4. The minimum Gasteiger partial charge on any atom is -0.378 e. The molecule has 2 aliphatic rings. The van der Waals surface area contributed by atoms with E-state index in [0.29, 0.717) is 45.0 Å². The number of likely N-dealkylation sites (tertiary alicyclic amines) is 1. The van der Waals surface area contributed by atoms with Crippen molar-refractivity contribution in [3.05, 3.63) is 45.7 Å². The van der Waals surface area contributed by atoms with E-state index in [1.54, 1.807) is 4.90 Å². The third kappa shape index (κ3) is 3.42. The van der Waals surface area contributed by atoms with E-state index >= 15 is 0 Å². The lowest BCUT2D eigenvalue weighted by molar-refractivity contribution is -0.141. The summed E-state index contributed by atoms with van der Waals surface area (Å²) in [5, 5.41) is 0.864. The molecule has 0 radical (unpaired) electrons. The van der Waals surface area contributed by atoms with Gasteiger partial charge in [-0.1, -0.05) is 18.2 Å². The monoisotopic (exact) mass is 383 g/mol. The molecular formula is C21H25N3O4. The van der Waals surface area contributed by atoms with Crippen LogP contribution in [0.2, 0.25) is 0 Å². The fraction of sp³-hybridized carbons (Fsp3) is 0.476. The molecule has 148 valence electrons. The number of aryl methyl sites for hydroxylation is 1. The van der Waals surface area contributed by atoms with Crippen molar-refractivity contribution in [1.82, 2.24) is 14.8 Å². The van der Waals surface area contributed by atoms with Gasteiger partial charge in [-0.3, -0.25) is 14.4 Å². The van der Waals surface area contributed by atoms with Crippen molar-refractivity contribution in [2.75, 3.05) is 39.4 Å². The Morgan fingerprint density at radius 3 is 2.64 bits per heavy atom. The number of hydrogen-bond donors (Lipinski definition) is 1. The summed E-state index contributed by atoms with van der Waals surface area (Å²) in [6.45, 7) is 5.07. The summed E-state index contributed by atoms with van der Waals surface area (Å²) in [4.78, 5) is 44.9. The Labute approximate surface area is 163 Å². The van der Waals surface area contributed by atoms with Crippen molar-refractivity contribution in [1.29, 1.82) is 0 Å². The highest BCUT2D eigenvalue weighted by atomic mass is 16.5. The number of H-pyrrole nitrogens is 1. The van der Waals surface area contributed by atoms with E-state index < -0.39 is 0 Å². The molecule has 1 aromatic carbocycles. The molecule has 28 heavy (non-hydrogen) atoms. The zero-order valence-electron chi connectivity index (χ0n) is 16.1. The molecule has 0 unspecified atom stereocenters. The van der Waals surface area contributed by atoms with Gasteiger partial charge < -0.3 is 19.5 Å². The average Bonchev–Trinajstić information content (AvgIpc) is 2.74. The van der Waals surface area contributed by atoms with Crippen LogP contribution in [0.3, 0.4) is 0 Å². The number of para-hydroxylation sites is 1. The Morgan fingerprint density at radius 2 is 1.86 bits per heavy atom. The minimum absolute atomic E-state index is 0.0879. The number of nitrogens with zero attached hydrogens (tertiary/aromatic N) is 2. The summed E-state index contributed by atoms with van der Waals surface area (Å²) >= 11 is 0. The molecule has 3 heterocycles. The molecular weight excluding hydrogens is 358 g/mol. The number of benzene rings is 1. The van der Waals surface area contributed by atoms with Gasteiger partial charge in [-0.05, 0) is 31.4 Å². The minimum atomic E-state index is -0.372. The molecule has 2 fully saturated rings. The zero-order valence-corrected chi connectivity index (χ0v) is 16.1. The van der Waals surface area contributed by atoms with E-state index in [1.807, 2.05) is 36.1 Å². The first-order chi connectivity index (χ1) is 13.6. The molecule has 0 bridgehead atoms. The summed E-state index contributed by atoms with van der Waals surface area (Å²) in [6.07, 6.45) is 1.53. The number of ether oxygens (including phenoxy) is 1. The SMILES string of the molecule is Cc1c(C(=O)N2CCC[C@H](C(=O)N3CCOCC3)C2)c(=O)[nH]c2ccccc12. The van der Waals surface area contributed by atoms with Crippen LogP contribution in [0.25, 0.3) is 10.9 Å². The van der Waals surface area contributed by atoms with Crippen LogP contribution < -0.4 is 5.56 Å². The topological polar surface area (TPSA) is 82.7 Å². The Bertz CT molecular complexity index is 962. The quantitative estimate of drug-likeness (QED) is 0.853. The average molecular weight is 383 g/mol. The second kappa shape index (κ2) is 7.75. The molecule has 1 aromatic heterocycles. The van der Waals surface area contributed by atoms with Crippen molar-refractivity contribution in [2.24, 2.45) is 5.92 Å². The molecule has 0 spiro atoms. The van der Waals surface area contributed by atoms with Gasteiger partial charge in [0.15, 0.2) is 0 Å². The maximum atomic E-state index is 13.2. The number of aromatic nitrogens is 1. The zero-order chi connectivity index (χ0) is 19.7. The Hall–Kier alpha value is -2.67. The Morgan fingerprint density at radius 1 is 1.11 bits per heavy atom. The van der Waals surface area contributed by atoms with E-state index in [2.05, 4.69) is 4.98 Å². The standard InChI is InChI=1S/C21H25N3O4/c1-14-16-6-2-3-7-17(16)22-19(25)18(14)21(27)24-8-4-5-15(13-24)20(26)23-9-11-28-12-10-23/h2-3,6-7,15H,4-5,8-13H2,1H3,(H,22,25)/t15-/m0/s1. The predicted molar refractivity (Wildman–Crippen MR) is 105 cm³/mol. The molecule has 1 N–H and O–H groups in total.